The first-order chi connectivity index (χ1) is 3.83. The Kier molecular flexibility index (Phi) is 1.58. The van der Waals surface area contributed by atoms with Gasteiger partial charge >= 0.3 is 0 Å². The summed E-state index contributed by atoms with van der Waals surface area (Å²) in [5.41, 5.74) is 0.894. The lowest BCUT2D eigenvalue weighted by molar-refractivity contribution is 0.521. The van der Waals surface area contributed by atoms with E-state index in [0.29, 0.717) is 11.6 Å². The van der Waals surface area contributed by atoms with E-state index in [2.05, 4.69) is 17.6 Å². The second-order valence-electron chi connectivity index (χ2n) is 1.52. The summed E-state index contributed by atoms with van der Waals surface area (Å²) in [4.78, 5) is 3.99. The number of hydrogen-bond acceptors (Lipinski definition) is 3. The van der Waals surface area contributed by atoms with Gasteiger partial charge in [-0.3, -0.25) is 0 Å². The molecule has 0 aliphatic rings. The molecule has 0 aliphatic heterocycles. The molecule has 1 heterocycles. The van der Waals surface area contributed by atoms with Gasteiger partial charge in [-0.1, -0.05) is 0 Å². The van der Waals surface area contributed by atoms with Gasteiger partial charge in [0.1, 0.15) is 6.26 Å². The van der Waals surface area contributed by atoms with E-state index < -0.39 is 0 Å². The molecule has 1 aromatic heterocycles. The van der Waals surface area contributed by atoms with E-state index >= 15 is 0 Å². The largest absolute Gasteiger partial charge is 0.449 e. The first-order valence-corrected chi connectivity index (χ1v) is 2.98. The molecule has 0 N–H and O–H groups in total. The minimum Gasteiger partial charge on any atom is -0.449 e. The van der Waals surface area contributed by atoms with Crippen LogP contribution in [0.25, 0.3) is 0 Å². The molecule has 0 bridgehead atoms. The van der Waals surface area contributed by atoms with Gasteiger partial charge in [-0.2, -0.15) is 12.6 Å². The van der Waals surface area contributed by atoms with Crippen LogP contribution in [-0.2, 0) is 5.75 Å². The Labute approximate surface area is 53.3 Å². The van der Waals surface area contributed by atoms with E-state index in [1.807, 2.05) is 6.92 Å². The molecule has 2 nitrogen and oxygen atoms in total. The van der Waals surface area contributed by atoms with Crippen molar-refractivity contribution in [1.82, 2.24) is 4.98 Å². The fraction of sp³-hybridized carbons (Fsp3) is 0.400. The average Bonchev–Trinajstić information content (AvgIpc) is 2.14. The summed E-state index contributed by atoms with van der Waals surface area (Å²) in [6.45, 7) is 1.81. The highest BCUT2D eigenvalue weighted by atomic mass is 32.1. The van der Waals surface area contributed by atoms with Gasteiger partial charge < -0.3 is 4.42 Å². The molecule has 0 unspecified atom stereocenters. The minimum atomic E-state index is 0.650. The molecule has 0 atom stereocenters. The van der Waals surface area contributed by atoms with Crippen LogP contribution in [0.2, 0.25) is 0 Å². The molecular formula is C5H7NOS. The van der Waals surface area contributed by atoms with E-state index in [9.17, 15) is 0 Å². The fourth-order valence-corrected chi connectivity index (χ4v) is 0.626. The highest BCUT2D eigenvalue weighted by Crippen LogP contribution is 2.01. The zero-order valence-corrected chi connectivity index (χ0v) is 5.48. The molecule has 0 amide bonds. The molecule has 0 saturated carbocycles. The zero-order valence-electron chi connectivity index (χ0n) is 4.59. The van der Waals surface area contributed by atoms with Crippen molar-refractivity contribution in [3.8, 4) is 0 Å². The third kappa shape index (κ3) is 1.04. The van der Waals surface area contributed by atoms with Crippen molar-refractivity contribution in [1.29, 1.82) is 0 Å². The van der Waals surface area contributed by atoms with Crippen molar-refractivity contribution in [2.24, 2.45) is 0 Å². The van der Waals surface area contributed by atoms with Crippen LogP contribution in [0.5, 0.6) is 0 Å². The van der Waals surface area contributed by atoms with Crippen molar-refractivity contribution in [3.63, 3.8) is 0 Å². The summed E-state index contributed by atoms with van der Waals surface area (Å²) < 4.78 is 4.90. The highest BCUT2D eigenvalue weighted by molar-refractivity contribution is 7.79. The molecule has 3 heteroatoms. The second kappa shape index (κ2) is 2.22. The van der Waals surface area contributed by atoms with Crippen LogP contribution in [0.4, 0.5) is 0 Å². The summed E-state index contributed by atoms with van der Waals surface area (Å²) in [6.07, 6.45) is 1.61. The molecule has 8 heavy (non-hydrogen) atoms. The first kappa shape index (κ1) is 5.69. The van der Waals surface area contributed by atoms with Crippen LogP contribution in [0.15, 0.2) is 10.7 Å². The van der Waals surface area contributed by atoms with E-state index in [1.165, 1.54) is 0 Å². The van der Waals surface area contributed by atoms with Gasteiger partial charge in [-0.15, -0.1) is 0 Å². The van der Waals surface area contributed by atoms with Crippen LogP contribution >= 0.6 is 12.6 Å². The molecule has 44 valence electrons. The number of rotatable bonds is 1. The molecule has 1 aromatic rings. The van der Waals surface area contributed by atoms with Crippen molar-refractivity contribution in [2.75, 3.05) is 0 Å². The summed E-state index contributed by atoms with van der Waals surface area (Å²) in [5.74, 6) is 1.35. The normalized spacial score (nSPS) is 9.75. The highest BCUT2D eigenvalue weighted by Gasteiger charge is 1.93. The van der Waals surface area contributed by atoms with Crippen molar-refractivity contribution >= 4 is 12.6 Å². The number of nitrogens with zero attached hydrogens (tertiary/aromatic N) is 1. The van der Waals surface area contributed by atoms with Crippen LogP contribution in [0.3, 0.4) is 0 Å². The van der Waals surface area contributed by atoms with Gasteiger partial charge in [-0.05, 0) is 0 Å². The zero-order chi connectivity index (χ0) is 5.98. The third-order valence-corrected chi connectivity index (χ3v) is 1.15. The Hall–Kier alpha value is -0.440. The van der Waals surface area contributed by atoms with Crippen LogP contribution < -0.4 is 0 Å². The smallest absolute Gasteiger partial charge is 0.191 e. The lowest BCUT2D eigenvalue weighted by Gasteiger charge is -1.76. The SMILES string of the molecule is Cc1nc(CS)co1. The maximum atomic E-state index is 4.90. The Bertz CT molecular complexity index is 173. The van der Waals surface area contributed by atoms with Crippen LogP contribution in [0.1, 0.15) is 11.6 Å². The maximum absolute atomic E-state index is 4.90. The van der Waals surface area contributed by atoms with Crippen LogP contribution in [-0.4, -0.2) is 4.98 Å². The monoisotopic (exact) mass is 129 g/mol. The van der Waals surface area contributed by atoms with Gasteiger partial charge in [0.2, 0.25) is 0 Å². The van der Waals surface area contributed by atoms with Crippen molar-refractivity contribution in [2.45, 2.75) is 12.7 Å². The summed E-state index contributed by atoms with van der Waals surface area (Å²) >= 11 is 4.00. The number of oxazole rings is 1. The third-order valence-electron chi connectivity index (χ3n) is 0.829. The first-order valence-electron chi connectivity index (χ1n) is 2.35. The van der Waals surface area contributed by atoms with Gasteiger partial charge in [-0.25, -0.2) is 4.98 Å². The lowest BCUT2D eigenvalue weighted by Crippen LogP contribution is -1.74. The van der Waals surface area contributed by atoms with Crippen molar-refractivity contribution in [3.05, 3.63) is 17.8 Å². The topological polar surface area (TPSA) is 26.0 Å². The van der Waals surface area contributed by atoms with Gasteiger partial charge in [0.15, 0.2) is 5.89 Å². The van der Waals surface area contributed by atoms with Crippen LogP contribution in [0, 0.1) is 6.92 Å². The van der Waals surface area contributed by atoms with Gasteiger partial charge in [0.05, 0.1) is 5.69 Å². The summed E-state index contributed by atoms with van der Waals surface area (Å²) in [5, 5.41) is 0. The second-order valence-corrected chi connectivity index (χ2v) is 1.83. The maximum Gasteiger partial charge on any atom is 0.191 e. The van der Waals surface area contributed by atoms with Crippen molar-refractivity contribution < 1.29 is 4.42 Å². The van der Waals surface area contributed by atoms with E-state index in [-0.39, 0.29) is 0 Å². The Morgan fingerprint density at radius 1 is 1.88 bits per heavy atom. The predicted molar refractivity (Wildman–Crippen MR) is 33.9 cm³/mol. The molecule has 1 rings (SSSR count). The molecule has 0 radical (unpaired) electrons. The quantitative estimate of drug-likeness (QED) is 0.580. The molecule has 0 fully saturated rings. The lowest BCUT2D eigenvalue weighted by atomic mass is 10.6. The standard InChI is InChI=1S/C5H7NOS/c1-4-6-5(3-8)2-7-4/h2,8H,3H2,1H3. The Morgan fingerprint density at radius 2 is 2.62 bits per heavy atom. The summed E-state index contributed by atoms with van der Waals surface area (Å²) in [6, 6.07) is 0. The predicted octanol–water partition coefficient (Wildman–Crippen LogP) is 1.41. The number of thiol groups is 1. The van der Waals surface area contributed by atoms with E-state index in [1.54, 1.807) is 6.26 Å². The number of aromatic nitrogens is 1. The van der Waals surface area contributed by atoms with Gasteiger partial charge in [0.25, 0.3) is 0 Å². The minimum absolute atomic E-state index is 0.650. The molecular weight excluding hydrogens is 122 g/mol. The Balaban J connectivity index is 2.84. The molecule has 0 spiro atoms. The molecule has 0 aliphatic carbocycles. The number of hydrogen-bond donors (Lipinski definition) is 1. The number of aryl methyl sites for hydroxylation is 1. The van der Waals surface area contributed by atoms with E-state index in [0.717, 1.165) is 5.69 Å². The average molecular weight is 129 g/mol. The molecule has 0 aromatic carbocycles. The van der Waals surface area contributed by atoms with E-state index in [4.69, 9.17) is 4.42 Å². The fourth-order valence-electron chi connectivity index (χ4n) is 0.481. The summed E-state index contributed by atoms with van der Waals surface area (Å²) in [7, 11) is 0. The molecule has 0 saturated heterocycles. The van der Waals surface area contributed by atoms with Gasteiger partial charge in [0, 0.05) is 12.7 Å². The Morgan fingerprint density at radius 3 is 2.88 bits per heavy atom.